The molecule has 8 heteroatoms. The van der Waals surface area contributed by atoms with Crippen LogP contribution in [0, 0.1) is 11.4 Å². The van der Waals surface area contributed by atoms with Gasteiger partial charge in [0.05, 0.1) is 23.0 Å². The van der Waals surface area contributed by atoms with Gasteiger partial charge in [0.15, 0.2) is 0 Å². The maximum absolute atomic E-state index is 13.3. The zero-order valence-electron chi connectivity index (χ0n) is 17.2. The van der Waals surface area contributed by atoms with Crippen molar-refractivity contribution in [3.8, 4) is 11.3 Å². The van der Waals surface area contributed by atoms with Gasteiger partial charge >= 0.3 is 0 Å². The Kier molecular flexibility index (Phi) is 4.77. The van der Waals surface area contributed by atoms with E-state index in [0.717, 1.165) is 30.4 Å². The van der Waals surface area contributed by atoms with Gasteiger partial charge in [-0.3, -0.25) is 19.3 Å². The molecule has 5 rings (SSSR count). The fraction of sp³-hybridized carbons (Fsp3) is 0.304. The van der Waals surface area contributed by atoms with Gasteiger partial charge in [-0.05, 0) is 37.0 Å². The number of aromatic nitrogens is 3. The SMILES string of the molecule is Cn1c(=O)/c(=C/NCc2ccc(-c3cccc(F)n3)cc2)c(=N)n2c1=NC1CCCC12. The molecule has 0 amide bonds. The van der Waals surface area contributed by atoms with Crippen molar-refractivity contribution in [2.45, 2.75) is 37.9 Å². The van der Waals surface area contributed by atoms with E-state index in [0.29, 0.717) is 23.1 Å². The third-order valence-electron chi connectivity index (χ3n) is 6.12. The molecule has 1 saturated carbocycles. The van der Waals surface area contributed by atoms with Crippen LogP contribution in [-0.2, 0) is 13.6 Å². The molecule has 158 valence electrons. The number of hydrogen-bond acceptors (Lipinski definition) is 5. The number of nitrogens with zero attached hydrogens (tertiary/aromatic N) is 4. The van der Waals surface area contributed by atoms with Crippen LogP contribution in [0.15, 0.2) is 52.3 Å². The Morgan fingerprint density at radius 2 is 2.03 bits per heavy atom. The van der Waals surface area contributed by atoms with Gasteiger partial charge in [-0.25, -0.2) is 9.98 Å². The summed E-state index contributed by atoms with van der Waals surface area (Å²) >= 11 is 0. The van der Waals surface area contributed by atoms with Crippen LogP contribution in [-0.4, -0.2) is 20.2 Å². The first kappa shape index (κ1) is 19.4. The minimum atomic E-state index is -0.505. The van der Waals surface area contributed by atoms with Gasteiger partial charge in [0.1, 0.15) is 5.49 Å². The Morgan fingerprint density at radius 1 is 1.23 bits per heavy atom. The largest absolute Gasteiger partial charge is 0.386 e. The van der Waals surface area contributed by atoms with Crippen LogP contribution in [0.1, 0.15) is 30.9 Å². The minimum Gasteiger partial charge on any atom is -0.386 e. The molecule has 1 aromatic carbocycles. The molecule has 2 aromatic heterocycles. The number of pyridine rings is 1. The molecule has 2 atom stereocenters. The average molecular weight is 418 g/mol. The molecule has 0 saturated heterocycles. The highest BCUT2D eigenvalue weighted by molar-refractivity contribution is 5.59. The van der Waals surface area contributed by atoms with Gasteiger partial charge in [-0.2, -0.15) is 4.39 Å². The second-order valence-corrected chi connectivity index (χ2v) is 8.06. The van der Waals surface area contributed by atoms with Crippen molar-refractivity contribution in [1.82, 2.24) is 19.4 Å². The van der Waals surface area contributed by atoms with E-state index in [1.165, 1.54) is 6.07 Å². The summed E-state index contributed by atoms with van der Waals surface area (Å²) in [5, 5.41) is 12.1. The average Bonchev–Trinajstić information content (AvgIpc) is 3.36. The summed E-state index contributed by atoms with van der Waals surface area (Å²) in [7, 11) is 1.72. The van der Waals surface area contributed by atoms with E-state index in [9.17, 15) is 9.18 Å². The molecule has 2 unspecified atom stereocenters. The number of nitrogens with one attached hydrogen (secondary N) is 2. The maximum atomic E-state index is 13.3. The van der Waals surface area contributed by atoms with E-state index >= 15 is 0 Å². The van der Waals surface area contributed by atoms with Crippen molar-refractivity contribution < 1.29 is 4.39 Å². The Hall–Kier alpha value is -3.55. The van der Waals surface area contributed by atoms with Crippen molar-refractivity contribution in [2.75, 3.05) is 0 Å². The molecule has 1 fully saturated rings. The first-order valence-electron chi connectivity index (χ1n) is 10.4. The lowest BCUT2D eigenvalue weighted by atomic mass is 10.1. The molecule has 1 aliphatic carbocycles. The third-order valence-corrected chi connectivity index (χ3v) is 6.12. The standard InChI is InChI=1S/C23H23FN6O/c1-29-22(31)16(21(25)30-19-6-2-5-18(19)28-23(29)30)13-26-12-14-8-10-15(11-9-14)17-4-3-7-20(24)27-17/h3-4,7-11,13,18-19,25-26H,2,5-6,12H2,1H3/b16-13+,25-21?. The highest BCUT2D eigenvalue weighted by Gasteiger charge is 2.34. The van der Waals surface area contributed by atoms with Crippen molar-refractivity contribution in [2.24, 2.45) is 12.0 Å². The molecule has 0 radical (unpaired) electrons. The summed E-state index contributed by atoms with van der Waals surface area (Å²) in [6.07, 6.45) is 4.74. The fourth-order valence-electron chi connectivity index (χ4n) is 4.51. The smallest absolute Gasteiger partial charge is 0.265 e. The van der Waals surface area contributed by atoms with Gasteiger partial charge in [0.25, 0.3) is 5.56 Å². The van der Waals surface area contributed by atoms with Crippen LogP contribution in [0.3, 0.4) is 0 Å². The maximum Gasteiger partial charge on any atom is 0.265 e. The highest BCUT2D eigenvalue weighted by Crippen LogP contribution is 2.32. The van der Waals surface area contributed by atoms with E-state index in [2.05, 4.69) is 15.3 Å². The molecular weight excluding hydrogens is 395 g/mol. The number of hydrogen-bond donors (Lipinski definition) is 2. The summed E-state index contributed by atoms with van der Waals surface area (Å²) < 4.78 is 16.8. The predicted octanol–water partition coefficient (Wildman–Crippen LogP) is 1.12. The Bertz CT molecular complexity index is 1390. The second-order valence-electron chi connectivity index (χ2n) is 8.06. The summed E-state index contributed by atoms with van der Waals surface area (Å²) in [4.78, 5) is 21.4. The third kappa shape index (κ3) is 3.37. The highest BCUT2D eigenvalue weighted by atomic mass is 19.1. The van der Waals surface area contributed by atoms with E-state index in [1.54, 1.807) is 29.9 Å². The summed E-state index contributed by atoms with van der Waals surface area (Å²) in [6.45, 7) is 0.498. The number of halogens is 1. The number of fused-ring (bicyclic) bond motifs is 3. The van der Waals surface area contributed by atoms with Crippen LogP contribution in [0.25, 0.3) is 17.5 Å². The van der Waals surface area contributed by atoms with Crippen LogP contribution in [0.2, 0.25) is 0 Å². The van der Waals surface area contributed by atoms with Crippen LogP contribution < -0.4 is 27.2 Å². The lowest BCUT2D eigenvalue weighted by molar-refractivity contribution is 0.466. The Balaban J connectivity index is 1.39. The number of rotatable bonds is 4. The second kappa shape index (κ2) is 7.61. The van der Waals surface area contributed by atoms with Gasteiger partial charge in [0, 0.05) is 25.4 Å². The monoisotopic (exact) mass is 418 g/mol. The zero-order chi connectivity index (χ0) is 21.5. The minimum absolute atomic E-state index is 0.184. The van der Waals surface area contributed by atoms with E-state index in [4.69, 9.17) is 5.41 Å². The van der Waals surface area contributed by atoms with Gasteiger partial charge in [-0.1, -0.05) is 30.3 Å². The van der Waals surface area contributed by atoms with Crippen molar-refractivity contribution in [1.29, 1.82) is 5.41 Å². The molecule has 31 heavy (non-hydrogen) atoms. The van der Waals surface area contributed by atoms with E-state index in [-0.39, 0.29) is 23.1 Å². The Labute approximate surface area is 177 Å². The van der Waals surface area contributed by atoms with Gasteiger partial charge in [-0.15, -0.1) is 0 Å². The lowest BCUT2D eigenvalue weighted by Gasteiger charge is -2.13. The Morgan fingerprint density at radius 3 is 2.81 bits per heavy atom. The summed E-state index contributed by atoms with van der Waals surface area (Å²) in [6, 6.07) is 12.7. The van der Waals surface area contributed by atoms with Crippen molar-refractivity contribution in [3.63, 3.8) is 0 Å². The van der Waals surface area contributed by atoms with Crippen LogP contribution >= 0.6 is 0 Å². The topological polar surface area (TPSA) is 88.1 Å². The molecule has 2 N–H and O–H groups in total. The van der Waals surface area contributed by atoms with Crippen LogP contribution in [0.5, 0.6) is 0 Å². The number of benzene rings is 1. The normalized spacial score (nSPS) is 19.7. The molecule has 2 aliphatic rings. The molecule has 3 heterocycles. The molecule has 0 bridgehead atoms. The van der Waals surface area contributed by atoms with Gasteiger partial charge in [0.2, 0.25) is 11.6 Å². The predicted molar refractivity (Wildman–Crippen MR) is 114 cm³/mol. The van der Waals surface area contributed by atoms with Crippen LogP contribution in [0.4, 0.5) is 4.39 Å². The van der Waals surface area contributed by atoms with E-state index in [1.807, 2.05) is 28.8 Å². The first-order chi connectivity index (χ1) is 15.0. The molecule has 7 nitrogen and oxygen atoms in total. The van der Waals surface area contributed by atoms with Crippen molar-refractivity contribution >= 4 is 6.20 Å². The van der Waals surface area contributed by atoms with E-state index < -0.39 is 5.95 Å². The van der Waals surface area contributed by atoms with Gasteiger partial charge < -0.3 is 5.32 Å². The lowest BCUT2D eigenvalue weighted by Crippen LogP contribution is -2.57. The quantitative estimate of drug-likeness (QED) is 0.623. The summed E-state index contributed by atoms with van der Waals surface area (Å²) in [5.41, 5.74) is 3.01. The summed E-state index contributed by atoms with van der Waals surface area (Å²) in [5.74, 6) is -0.505. The molecule has 3 aromatic rings. The fourth-order valence-corrected chi connectivity index (χ4v) is 4.51. The zero-order valence-corrected chi connectivity index (χ0v) is 17.2. The first-order valence-corrected chi connectivity index (χ1v) is 10.4. The van der Waals surface area contributed by atoms with Crippen molar-refractivity contribution in [3.05, 3.63) is 80.7 Å². The molecule has 0 spiro atoms. The molecular formula is C23H23FN6O. The molecule has 1 aliphatic heterocycles.